The molecular weight excluding hydrogens is 402 g/mol. The van der Waals surface area contributed by atoms with Gasteiger partial charge in [-0.3, -0.25) is 0 Å². The predicted molar refractivity (Wildman–Crippen MR) is 120 cm³/mol. The summed E-state index contributed by atoms with van der Waals surface area (Å²) in [6.07, 6.45) is 9.50. The van der Waals surface area contributed by atoms with Gasteiger partial charge in [-0.2, -0.15) is 0 Å². The lowest BCUT2D eigenvalue weighted by atomic mass is 9.92. The number of aromatic nitrogens is 2. The maximum atomic E-state index is 10.2. The summed E-state index contributed by atoms with van der Waals surface area (Å²) in [4.78, 5) is 8.61. The quantitative estimate of drug-likeness (QED) is 0.547. The summed E-state index contributed by atoms with van der Waals surface area (Å²) >= 11 is 6.45. The van der Waals surface area contributed by atoms with Crippen LogP contribution < -0.4 is 16.4 Å². The van der Waals surface area contributed by atoms with Gasteiger partial charge in [-0.05, 0) is 56.6 Å². The Kier molecular flexibility index (Phi) is 6.92. The highest BCUT2D eigenvalue weighted by atomic mass is 35.5. The molecule has 162 valence electrons. The SMILES string of the molecule is N[C@H]1CC[C@H](Nc2cc(-c3cnc(O)c(NCC4CCOCC4)c3)c(Cl)cn2)CC1. The van der Waals surface area contributed by atoms with Crippen molar-refractivity contribution in [3.8, 4) is 17.0 Å². The molecule has 5 N–H and O–H groups in total. The van der Waals surface area contributed by atoms with Gasteiger partial charge < -0.3 is 26.2 Å². The number of nitrogens with two attached hydrogens (primary N) is 1. The molecule has 0 unspecified atom stereocenters. The zero-order valence-corrected chi connectivity index (χ0v) is 17.9. The summed E-state index contributed by atoms with van der Waals surface area (Å²) in [7, 11) is 0. The fourth-order valence-corrected chi connectivity index (χ4v) is 4.36. The molecule has 0 aromatic carbocycles. The van der Waals surface area contributed by atoms with Gasteiger partial charge in [0.15, 0.2) is 0 Å². The third kappa shape index (κ3) is 5.33. The second-order valence-corrected chi connectivity index (χ2v) is 8.74. The van der Waals surface area contributed by atoms with E-state index < -0.39 is 0 Å². The van der Waals surface area contributed by atoms with E-state index in [2.05, 4.69) is 20.6 Å². The Balaban J connectivity index is 1.48. The minimum Gasteiger partial charge on any atom is -0.492 e. The lowest BCUT2D eigenvalue weighted by molar-refractivity contribution is 0.0699. The molecule has 1 aliphatic heterocycles. The number of aromatic hydroxyl groups is 1. The van der Waals surface area contributed by atoms with Crippen molar-refractivity contribution in [1.29, 1.82) is 0 Å². The molecule has 2 fully saturated rings. The van der Waals surface area contributed by atoms with Crippen molar-refractivity contribution >= 4 is 23.1 Å². The highest BCUT2D eigenvalue weighted by Crippen LogP contribution is 2.34. The first-order chi connectivity index (χ1) is 14.6. The molecule has 4 rings (SSSR count). The molecule has 30 heavy (non-hydrogen) atoms. The molecule has 1 saturated heterocycles. The van der Waals surface area contributed by atoms with E-state index in [-0.39, 0.29) is 5.88 Å². The lowest BCUT2D eigenvalue weighted by Gasteiger charge is -2.27. The predicted octanol–water partition coefficient (Wildman–Crippen LogP) is 4.02. The molecule has 1 saturated carbocycles. The van der Waals surface area contributed by atoms with Crippen molar-refractivity contribution in [3.05, 3.63) is 29.5 Å². The van der Waals surface area contributed by atoms with Gasteiger partial charge in [0.1, 0.15) is 5.82 Å². The Labute approximate surface area is 182 Å². The second kappa shape index (κ2) is 9.81. The van der Waals surface area contributed by atoms with Gasteiger partial charge in [-0.1, -0.05) is 11.6 Å². The molecule has 2 aromatic rings. The summed E-state index contributed by atoms with van der Waals surface area (Å²) in [6, 6.07) is 4.53. The van der Waals surface area contributed by atoms with Crippen molar-refractivity contribution in [2.45, 2.75) is 50.6 Å². The number of hydrogen-bond donors (Lipinski definition) is 4. The van der Waals surface area contributed by atoms with Crippen LogP contribution in [-0.2, 0) is 4.74 Å². The average molecular weight is 432 g/mol. The van der Waals surface area contributed by atoms with Gasteiger partial charge in [0.2, 0.25) is 5.88 Å². The minimum atomic E-state index is -0.00659. The third-order valence-corrected chi connectivity index (χ3v) is 6.38. The Hall–Kier alpha value is -2.09. The molecule has 0 atom stereocenters. The standard InChI is InChI=1S/C22H30ClN5O2/c23-19-13-26-21(28-17-3-1-16(24)2-4-17)10-18(19)15-9-20(22(29)27-12-15)25-11-14-5-7-30-8-6-14/h9-10,12-14,16-17,25H,1-8,11,24H2,(H,26,28)(H,27,29)/t16-,17-. The molecule has 2 aliphatic rings. The highest BCUT2D eigenvalue weighted by molar-refractivity contribution is 6.33. The average Bonchev–Trinajstić information content (AvgIpc) is 2.77. The number of nitrogens with one attached hydrogen (secondary N) is 2. The van der Waals surface area contributed by atoms with Crippen LogP contribution in [0.2, 0.25) is 5.02 Å². The van der Waals surface area contributed by atoms with Crippen molar-refractivity contribution in [2.75, 3.05) is 30.4 Å². The lowest BCUT2D eigenvalue weighted by Crippen LogP contribution is -2.33. The molecule has 0 amide bonds. The Morgan fingerprint density at radius 2 is 1.83 bits per heavy atom. The van der Waals surface area contributed by atoms with Crippen LogP contribution in [0.3, 0.4) is 0 Å². The van der Waals surface area contributed by atoms with Gasteiger partial charge in [-0.25, -0.2) is 9.97 Å². The van der Waals surface area contributed by atoms with E-state index in [1.807, 2.05) is 12.1 Å². The Morgan fingerprint density at radius 3 is 2.60 bits per heavy atom. The fraction of sp³-hybridized carbons (Fsp3) is 0.545. The molecule has 0 spiro atoms. The maximum absolute atomic E-state index is 10.2. The van der Waals surface area contributed by atoms with Gasteiger partial charge in [0.25, 0.3) is 0 Å². The van der Waals surface area contributed by atoms with E-state index in [9.17, 15) is 5.11 Å². The van der Waals surface area contributed by atoms with E-state index in [1.165, 1.54) is 0 Å². The molecule has 2 aromatic heterocycles. The smallest absolute Gasteiger partial charge is 0.234 e. The number of rotatable bonds is 6. The van der Waals surface area contributed by atoms with Crippen LogP contribution in [-0.4, -0.2) is 46.9 Å². The molecule has 0 radical (unpaired) electrons. The largest absolute Gasteiger partial charge is 0.492 e. The molecule has 8 heteroatoms. The van der Waals surface area contributed by atoms with Crippen molar-refractivity contribution < 1.29 is 9.84 Å². The Morgan fingerprint density at radius 1 is 1.07 bits per heavy atom. The Bertz CT molecular complexity index is 851. The molecule has 1 aliphatic carbocycles. The first-order valence-corrected chi connectivity index (χ1v) is 11.1. The van der Waals surface area contributed by atoms with Crippen LogP contribution in [0, 0.1) is 5.92 Å². The first-order valence-electron chi connectivity index (χ1n) is 10.8. The topological polar surface area (TPSA) is 105 Å². The van der Waals surface area contributed by atoms with Gasteiger partial charge in [-0.15, -0.1) is 0 Å². The monoisotopic (exact) mass is 431 g/mol. The normalized spacial score (nSPS) is 22.6. The van der Waals surface area contributed by atoms with E-state index >= 15 is 0 Å². The summed E-state index contributed by atoms with van der Waals surface area (Å²) in [5, 5.41) is 17.6. The van der Waals surface area contributed by atoms with E-state index in [0.29, 0.717) is 28.7 Å². The molecule has 3 heterocycles. The summed E-state index contributed by atoms with van der Waals surface area (Å²) in [5.41, 5.74) is 8.29. The molecular formula is C22H30ClN5O2. The summed E-state index contributed by atoms with van der Waals surface area (Å²) in [6.45, 7) is 2.38. The number of ether oxygens (including phenoxy) is 1. The van der Waals surface area contributed by atoms with Crippen LogP contribution >= 0.6 is 11.6 Å². The van der Waals surface area contributed by atoms with Gasteiger partial charge in [0, 0.05) is 55.4 Å². The first kappa shape index (κ1) is 21.2. The minimum absolute atomic E-state index is 0.00659. The second-order valence-electron chi connectivity index (χ2n) is 8.34. The van der Waals surface area contributed by atoms with Crippen LogP contribution in [0.15, 0.2) is 24.5 Å². The number of anilines is 2. The number of hydrogen-bond acceptors (Lipinski definition) is 7. The zero-order valence-electron chi connectivity index (χ0n) is 17.1. The number of nitrogens with zero attached hydrogens (tertiary/aromatic N) is 2. The summed E-state index contributed by atoms with van der Waals surface area (Å²) in [5.74, 6) is 1.32. The summed E-state index contributed by atoms with van der Waals surface area (Å²) < 4.78 is 5.41. The molecule has 7 nitrogen and oxygen atoms in total. The van der Waals surface area contributed by atoms with E-state index in [4.69, 9.17) is 22.1 Å². The number of halogens is 1. The van der Waals surface area contributed by atoms with E-state index in [1.54, 1.807) is 12.4 Å². The van der Waals surface area contributed by atoms with Crippen molar-refractivity contribution in [1.82, 2.24) is 9.97 Å². The highest BCUT2D eigenvalue weighted by Gasteiger charge is 2.19. The zero-order chi connectivity index (χ0) is 20.9. The van der Waals surface area contributed by atoms with Crippen LogP contribution in [0.25, 0.3) is 11.1 Å². The van der Waals surface area contributed by atoms with Crippen LogP contribution in [0.5, 0.6) is 5.88 Å². The van der Waals surface area contributed by atoms with Crippen molar-refractivity contribution in [2.24, 2.45) is 11.7 Å². The fourth-order valence-electron chi connectivity index (χ4n) is 4.15. The van der Waals surface area contributed by atoms with Crippen molar-refractivity contribution in [3.63, 3.8) is 0 Å². The maximum Gasteiger partial charge on any atom is 0.234 e. The van der Waals surface area contributed by atoms with E-state index in [0.717, 1.165) is 75.2 Å². The van der Waals surface area contributed by atoms with Gasteiger partial charge >= 0.3 is 0 Å². The third-order valence-electron chi connectivity index (χ3n) is 6.08. The van der Waals surface area contributed by atoms with Gasteiger partial charge in [0.05, 0.1) is 10.7 Å². The van der Waals surface area contributed by atoms with Crippen LogP contribution in [0.4, 0.5) is 11.5 Å². The number of pyridine rings is 2. The van der Waals surface area contributed by atoms with Crippen LogP contribution in [0.1, 0.15) is 38.5 Å². The molecule has 0 bridgehead atoms.